The third-order valence-electron chi connectivity index (χ3n) is 5.48. The van der Waals surface area contributed by atoms with Crippen LogP contribution in [0.2, 0.25) is 0 Å². The van der Waals surface area contributed by atoms with Crippen molar-refractivity contribution < 1.29 is 9.53 Å². The van der Waals surface area contributed by atoms with Crippen molar-refractivity contribution >= 4 is 38.6 Å². The lowest BCUT2D eigenvalue weighted by atomic mass is 10.2. The van der Waals surface area contributed by atoms with E-state index in [4.69, 9.17) is 9.72 Å². The molecule has 0 radical (unpaired) electrons. The number of hydrogen-bond donors (Lipinski definition) is 1. The van der Waals surface area contributed by atoms with E-state index in [2.05, 4.69) is 21.2 Å². The molecule has 0 bridgehead atoms. The maximum Gasteiger partial charge on any atom is 0.322 e. The molecule has 0 aliphatic rings. The average molecular weight is 507 g/mol. The van der Waals surface area contributed by atoms with Crippen LogP contribution in [0.15, 0.2) is 82.1 Å². The Morgan fingerprint density at radius 1 is 1.09 bits per heavy atom. The monoisotopic (exact) mass is 506 g/mol. The standard InChI is InChI=1S/C25H23BrN4O3/c1-16(29(2)25(32)27-18-8-6-7-17(26)15-18)23-28-22-10-5-4-9-21(22)24(31)30(23)19-11-13-20(33-3)14-12-19/h4-16H,1-3H3,(H,27,32). The van der Waals surface area contributed by atoms with E-state index < -0.39 is 6.04 Å². The lowest BCUT2D eigenvalue weighted by molar-refractivity contribution is 0.205. The zero-order valence-corrected chi connectivity index (χ0v) is 20.0. The van der Waals surface area contributed by atoms with Gasteiger partial charge in [-0.1, -0.05) is 34.1 Å². The summed E-state index contributed by atoms with van der Waals surface area (Å²) in [4.78, 5) is 32.8. The van der Waals surface area contributed by atoms with Crippen molar-refractivity contribution in [2.24, 2.45) is 0 Å². The smallest absolute Gasteiger partial charge is 0.322 e. The summed E-state index contributed by atoms with van der Waals surface area (Å²) < 4.78 is 7.66. The van der Waals surface area contributed by atoms with E-state index in [-0.39, 0.29) is 11.6 Å². The van der Waals surface area contributed by atoms with E-state index in [0.29, 0.717) is 33.9 Å². The van der Waals surface area contributed by atoms with E-state index in [0.717, 1.165) is 4.47 Å². The first-order chi connectivity index (χ1) is 15.9. The molecule has 1 unspecified atom stereocenters. The third kappa shape index (κ3) is 4.61. The van der Waals surface area contributed by atoms with Crippen LogP contribution in [0.1, 0.15) is 18.8 Å². The molecule has 0 fully saturated rings. The fourth-order valence-corrected chi connectivity index (χ4v) is 3.94. The van der Waals surface area contributed by atoms with Crippen LogP contribution >= 0.6 is 15.9 Å². The number of hydrogen-bond acceptors (Lipinski definition) is 4. The normalized spacial score (nSPS) is 11.8. The fourth-order valence-electron chi connectivity index (χ4n) is 3.54. The van der Waals surface area contributed by atoms with Crippen molar-refractivity contribution in [3.8, 4) is 11.4 Å². The molecule has 4 aromatic rings. The van der Waals surface area contributed by atoms with Crippen LogP contribution in [-0.2, 0) is 0 Å². The number of para-hydroxylation sites is 1. The molecule has 1 N–H and O–H groups in total. The summed E-state index contributed by atoms with van der Waals surface area (Å²) in [5.41, 5.74) is 1.68. The average Bonchev–Trinajstić information content (AvgIpc) is 2.83. The summed E-state index contributed by atoms with van der Waals surface area (Å²) >= 11 is 3.41. The number of nitrogens with one attached hydrogen (secondary N) is 1. The van der Waals surface area contributed by atoms with E-state index >= 15 is 0 Å². The number of halogens is 1. The second-order valence-electron chi connectivity index (χ2n) is 7.55. The number of nitrogens with zero attached hydrogens (tertiary/aromatic N) is 3. The zero-order valence-electron chi connectivity index (χ0n) is 18.4. The van der Waals surface area contributed by atoms with Crippen molar-refractivity contribution in [1.29, 1.82) is 0 Å². The second kappa shape index (κ2) is 9.46. The molecule has 3 aromatic carbocycles. The van der Waals surface area contributed by atoms with Gasteiger partial charge in [0, 0.05) is 17.2 Å². The molecule has 7 nitrogen and oxygen atoms in total. The van der Waals surface area contributed by atoms with Crippen molar-refractivity contribution in [3.63, 3.8) is 0 Å². The first-order valence-corrected chi connectivity index (χ1v) is 11.1. The van der Waals surface area contributed by atoms with E-state index in [1.807, 2.05) is 43.3 Å². The highest BCUT2D eigenvalue weighted by atomic mass is 79.9. The molecule has 1 aromatic heterocycles. The topological polar surface area (TPSA) is 76.5 Å². The number of anilines is 1. The molecule has 2 amide bonds. The first-order valence-electron chi connectivity index (χ1n) is 10.3. The summed E-state index contributed by atoms with van der Waals surface area (Å²) in [6.07, 6.45) is 0. The van der Waals surface area contributed by atoms with Crippen LogP contribution in [0.3, 0.4) is 0 Å². The number of carbonyl (C=O) groups excluding carboxylic acids is 1. The van der Waals surface area contributed by atoms with Gasteiger partial charge in [0.15, 0.2) is 0 Å². The second-order valence-corrected chi connectivity index (χ2v) is 8.47. The number of ether oxygens (including phenoxy) is 1. The van der Waals surface area contributed by atoms with E-state index in [1.165, 1.54) is 4.90 Å². The summed E-state index contributed by atoms with van der Waals surface area (Å²) in [5.74, 6) is 1.14. The lowest BCUT2D eigenvalue weighted by Crippen LogP contribution is -2.37. The number of rotatable bonds is 5. The number of methoxy groups -OCH3 is 1. The summed E-state index contributed by atoms with van der Waals surface area (Å²) in [7, 11) is 3.27. The highest BCUT2D eigenvalue weighted by Gasteiger charge is 2.24. The van der Waals surface area contributed by atoms with Crippen molar-refractivity contribution in [1.82, 2.24) is 14.5 Å². The number of urea groups is 1. The van der Waals surface area contributed by atoms with Crippen molar-refractivity contribution in [2.75, 3.05) is 19.5 Å². The number of benzene rings is 3. The largest absolute Gasteiger partial charge is 0.497 e. The summed E-state index contributed by atoms with van der Waals surface area (Å²) in [6.45, 7) is 1.84. The quantitative estimate of drug-likeness (QED) is 0.394. The van der Waals surface area contributed by atoms with E-state index in [1.54, 1.807) is 55.1 Å². The van der Waals surface area contributed by atoms with Crippen LogP contribution in [0, 0.1) is 0 Å². The molecule has 0 aliphatic heterocycles. The van der Waals surface area contributed by atoms with Gasteiger partial charge in [-0.3, -0.25) is 9.36 Å². The molecule has 4 rings (SSSR count). The predicted octanol–water partition coefficient (Wildman–Crippen LogP) is 5.38. The maximum atomic E-state index is 13.5. The molecule has 168 valence electrons. The molecule has 0 saturated heterocycles. The first kappa shape index (κ1) is 22.5. The number of aromatic nitrogens is 2. The minimum absolute atomic E-state index is 0.201. The van der Waals surface area contributed by atoms with Crippen LogP contribution in [-0.4, -0.2) is 34.6 Å². The van der Waals surface area contributed by atoms with Gasteiger partial charge in [-0.2, -0.15) is 0 Å². The van der Waals surface area contributed by atoms with Gasteiger partial charge in [0.25, 0.3) is 5.56 Å². The van der Waals surface area contributed by atoms with E-state index in [9.17, 15) is 9.59 Å². The van der Waals surface area contributed by atoms with Gasteiger partial charge in [-0.25, -0.2) is 9.78 Å². The van der Waals surface area contributed by atoms with Gasteiger partial charge >= 0.3 is 6.03 Å². The third-order valence-corrected chi connectivity index (χ3v) is 5.98. The Bertz CT molecular complexity index is 1370. The molecule has 33 heavy (non-hydrogen) atoms. The Morgan fingerprint density at radius 2 is 1.82 bits per heavy atom. The van der Waals surface area contributed by atoms with Crippen molar-refractivity contribution in [2.45, 2.75) is 13.0 Å². The zero-order chi connectivity index (χ0) is 23.5. The molecule has 8 heteroatoms. The molecular weight excluding hydrogens is 484 g/mol. The van der Waals surface area contributed by atoms with Crippen LogP contribution in [0.25, 0.3) is 16.6 Å². The molecular formula is C25H23BrN4O3. The van der Waals surface area contributed by atoms with Gasteiger partial charge in [-0.15, -0.1) is 0 Å². The van der Waals surface area contributed by atoms with Crippen LogP contribution in [0.4, 0.5) is 10.5 Å². The Hall–Kier alpha value is -3.65. The van der Waals surface area contributed by atoms with Gasteiger partial charge in [0.2, 0.25) is 0 Å². The highest BCUT2D eigenvalue weighted by molar-refractivity contribution is 9.10. The Morgan fingerprint density at radius 3 is 2.52 bits per heavy atom. The SMILES string of the molecule is COc1ccc(-n2c(C(C)N(C)C(=O)Nc3cccc(Br)c3)nc3ccccc3c2=O)cc1. The Kier molecular flexibility index (Phi) is 6.46. The highest BCUT2D eigenvalue weighted by Crippen LogP contribution is 2.24. The molecule has 0 spiro atoms. The minimum atomic E-state index is -0.503. The van der Waals surface area contributed by atoms with Gasteiger partial charge < -0.3 is 15.0 Å². The van der Waals surface area contributed by atoms with Gasteiger partial charge in [-0.05, 0) is 61.5 Å². The maximum absolute atomic E-state index is 13.5. The summed E-state index contributed by atoms with van der Waals surface area (Å²) in [5, 5.41) is 3.39. The molecule has 1 atom stereocenters. The Balaban J connectivity index is 1.77. The number of fused-ring (bicyclic) bond motifs is 1. The van der Waals surface area contributed by atoms with Crippen LogP contribution in [0.5, 0.6) is 5.75 Å². The lowest BCUT2D eigenvalue weighted by Gasteiger charge is -2.27. The number of amides is 2. The molecule has 1 heterocycles. The summed E-state index contributed by atoms with van der Waals surface area (Å²) in [6, 6.07) is 20.9. The fraction of sp³-hybridized carbons (Fsp3) is 0.160. The predicted molar refractivity (Wildman–Crippen MR) is 133 cm³/mol. The van der Waals surface area contributed by atoms with Gasteiger partial charge in [0.05, 0.1) is 29.7 Å². The number of carbonyl (C=O) groups is 1. The minimum Gasteiger partial charge on any atom is -0.497 e. The molecule has 0 saturated carbocycles. The van der Waals surface area contributed by atoms with Gasteiger partial charge in [0.1, 0.15) is 11.6 Å². The van der Waals surface area contributed by atoms with Crippen LogP contribution < -0.4 is 15.6 Å². The van der Waals surface area contributed by atoms with Crippen molar-refractivity contribution in [3.05, 3.63) is 93.4 Å². The Labute approximate surface area is 199 Å². The molecule has 0 aliphatic carbocycles.